The van der Waals surface area contributed by atoms with Gasteiger partial charge in [-0.2, -0.15) is 0 Å². The van der Waals surface area contributed by atoms with Crippen LogP contribution in [0.3, 0.4) is 0 Å². The molecule has 0 saturated carbocycles. The lowest BCUT2D eigenvalue weighted by Crippen LogP contribution is -2.55. The molecule has 3 N–H and O–H groups in total. The maximum atomic E-state index is 12.8. The molecule has 142 valence electrons. The van der Waals surface area contributed by atoms with Crippen molar-refractivity contribution < 1.29 is 19.5 Å². The number of piperidine rings is 1. The minimum absolute atomic E-state index is 0.102. The van der Waals surface area contributed by atoms with Crippen molar-refractivity contribution in [2.75, 3.05) is 13.1 Å². The third-order valence-electron chi connectivity index (χ3n) is 4.60. The Balaban J connectivity index is 1.93. The summed E-state index contributed by atoms with van der Waals surface area (Å²) in [5.74, 6) is -1.74. The highest BCUT2D eigenvalue weighted by Crippen LogP contribution is 2.18. The van der Waals surface area contributed by atoms with Gasteiger partial charge in [0.2, 0.25) is 5.91 Å². The molecule has 7 heteroatoms. The standard InChI is InChI=1S/C19H27N3O4/c1-13(2)16(17(23)22-10-6-9-15(12-22)18(24)25)21-19(26)20-11-14-7-4-3-5-8-14/h3-5,7-8,13,15-16H,6,9-12H2,1-2H3,(H,24,25)(H2,20,21,26)/t15-,16?/m0/s1. The van der Waals surface area contributed by atoms with Gasteiger partial charge in [0, 0.05) is 19.6 Å². The second-order valence-electron chi connectivity index (χ2n) is 7.00. The number of carbonyl (C=O) groups excluding carboxylic acids is 2. The lowest BCUT2D eigenvalue weighted by atomic mass is 9.96. The molecule has 0 spiro atoms. The Morgan fingerprint density at radius 1 is 1.23 bits per heavy atom. The van der Waals surface area contributed by atoms with Gasteiger partial charge in [-0.15, -0.1) is 0 Å². The number of amides is 3. The van der Waals surface area contributed by atoms with Crippen molar-refractivity contribution in [2.45, 2.75) is 39.3 Å². The van der Waals surface area contributed by atoms with E-state index in [4.69, 9.17) is 0 Å². The molecule has 1 saturated heterocycles. The van der Waals surface area contributed by atoms with Crippen LogP contribution in [0.25, 0.3) is 0 Å². The van der Waals surface area contributed by atoms with E-state index in [-0.39, 0.29) is 18.4 Å². The first kappa shape index (κ1) is 19.8. The third kappa shape index (κ3) is 5.47. The molecule has 1 aromatic carbocycles. The Hall–Kier alpha value is -2.57. The fraction of sp³-hybridized carbons (Fsp3) is 0.526. The zero-order valence-corrected chi connectivity index (χ0v) is 15.3. The predicted molar refractivity (Wildman–Crippen MR) is 97.4 cm³/mol. The van der Waals surface area contributed by atoms with Crippen molar-refractivity contribution >= 4 is 17.9 Å². The summed E-state index contributed by atoms with van der Waals surface area (Å²) < 4.78 is 0. The summed E-state index contributed by atoms with van der Waals surface area (Å²) in [7, 11) is 0. The SMILES string of the molecule is CC(C)C(NC(=O)NCc1ccccc1)C(=O)N1CCC[C@H](C(=O)O)C1. The summed E-state index contributed by atoms with van der Waals surface area (Å²) in [5, 5.41) is 14.7. The number of hydrogen-bond donors (Lipinski definition) is 3. The van der Waals surface area contributed by atoms with E-state index in [0.717, 1.165) is 5.56 Å². The number of nitrogens with zero attached hydrogens (tertiary/aromatic N) is 1. The van der Waals surface area contributed by atoms with Gasteiger partial charge >= 0.3 is 12.0 Å². The van der Waals surface area contributed by atoms with Crippen molar-refractivity contribution in [2.24, 2.45) is 11.8 Å². The molecule has 0 bridgehead atoms. The second-order valence-corrected chi connectivity index (χ2v) is 7.00. The van der Waals surface area contributed by atoms with Crippen LogP contribution in [0.1, 0.15) is 32.3 Å². The van der Waals surface area contributed by atoms with Crippen LogP contribution in [0.15, 0.2) is 30.3 Å². The van der Waals surface area contributed by atoms with Crippen LogP contribution < -0.4 is 10.6 Å². The number of hydrogen-bond acceptors (Lipinski definition) is 3. The van der Waals surface area contributed by atoms with Crippen molar-refractivity contribution in [3.8, 4) is 0 Å². The van der Waals surface area contributed by atoms with Crippen LogP contribution in [0.2, 0.25) is 0 Å². The van der Waals surface area contributed by atoms with E-state index in [2.05, 4.69) is 10.6 Å². The molecule has 7 nitrogen and oxygen atoms in total. The lowest BCUT2D eigenvalue weighted by Gasteiger charge is -2.34. The molecule has 2 atom stereocenters. The van der Waals surface area contributed by atoms with E-state index in [1.54, 1.807) is 4.90 Å². The van der Waals surface area contributed by atoms with Gasteiger partial charge in [-0.1, -0.05) is 44.2 Å². The normalized spacial score (nSPS) is 18.3. The molecule has 1 aliphatic heterocycles. The number of nitrogens with one attached hydrogen (secondary N) is 2. The Bertz CT molecular complexity index is 633. The summed E-state index contributed by atoms with van der Waals surface area (Å²) in [5.41, 5.74) is 0.968. The lowest BCUT2D eigenvalue weighted by molar-refractivity contribution is -0.146. The predicted octanol–water partition coefficient (Wildman–Crippen LogP) is 1.83. The Morgan fingerprint density at radius 2 is 1.92 bits per heavy atom. The Kier molecular flexibility index (Phi) is 7.00. The zero-order valence-electron chi connectivity index (χ0n) is 15.3. The van der Waals surface area contributed by atoms with Crippen LogP contribution in [0, 0.1) is 11.8 Å². The van der Waals surface area contributed by atoms with Crippen molar-refractivity contribution in [1.29, 1.82) is 0 Å². The first-order valence-corrected chi connectivity index (χ1v) is 8.98. The number of rotatable bonds is 6. The molecule has 3 amide bonds. The van der Waals surface area contributed by atoms with Crippen LogP contribution >= 0.6 is 0 Å². The van der Waals surface area contributed by atoms with Crippen molar-refractivity contribution in [3.05, 3.63) is 35.9 Å². The average Bonchev–Trinajstić information content (AvgIpc) is 2.64. The van der Waals surface area contributed by atoms with Crippen LogP contribution in [0.5, 0.6) is 0 Å². The van der Waals surface area contributed by atoms with E-state index >= 15 is 0 Å². The quantitative estimate of drug-likeness (QED) is 0.720. The number of benzene rings is 1. The highest BCUT2D eigenvalue weighted by molar-refractivity contribution is 5.87. The van der Waals surface area contributed by atoms with E-state index in [9.17, 15) is 19.5 Å². The molecule has 1 aromatic rings. The van der Waals surface area contributed by atoms with Crippen molar-refractivity contribution in [1.82, 2.24) is 15.5 Å². The number of likely N-dealkylation sites (tertiary alicyclic amines) is 1. The number of carbonyl (C=O) groups is 3. The van der Waals surface area contributed by atoms with Gasteiger partial charge in [0.25, 0.3) is 0 Å². The molecular formula is C19H27N3O4. The van der Waals surface area contributed by atoms with Crippen LogP contribution in [-0.4, -0.2) is 47.0 Å². The van der Waals surface area contributed by atoms with Crippen LogP contribution in [0.4, 0.5) is 4.79 Å². The average molecular weight is 361 g/mol. The Labute approximate surface area is 153 Å². The molecule has 26 heavy (non-hydrogen) atoms. The monoisotopic (exact) mass is 361 g/mol. The second kappa shape index (κ2) is 9.22. The minimum Gasteiger partial charge on any atom is -0.481 e. The maximum Gasteiger partial charge on any atom is 0.315 e. The van der Waals surface area contributed by atoms with Gasteiger partial charge in [-0.05, 0) is 24.3 Å². The van der Waals surface area contributed by atoms with Gasteiger partial charge in [-0.25, -0.2) is 4.79 Å². The molecule has 1 aliphatic rings. The fourth-order valence-electron chi connectivity index (χ4n) is 3.06. The van der Waals surface area contributed by atoms with E-state index in [1.807, 2.05) is 44.2 Å². The van der Waals surface area contributed by atoms with Gasteiger partial charge < -0.3 is 20.6 Å². The molecular weight excluding hydrogens is 334 g/mol. The van der Waals surface area contributed by atoms with E-state index in [0.29, 0.717) is 25.9 Å². The number of carboxylic acids is 1. The maximum absolute atomic E-state index is 12.8. The molecule has 1 fully saturated rings. The number of urea groups is 1. The third-order valence-corrected chi connectivity index (χ3v) is 4.60. The molecule has 1 heterocycles. The van der Waals surface area contributed by atoms with E-state index in [1.165, 1.54) is 0 Å². The highest BCUT2D eigenvalue weighted by atomic mass is 16.4. The summed E-state index contributed by atoms with van der Waals surface area (Å²) in [4.78, 5) is 37.8. The molecule has 0 aromatic heterocycles. The summed E-state index contributed by atoms with van der Waals surface area (Å²) in [6, 6.07) is 8.41. The smallest absolute Gasteiger partial charge is 0.315 e. The topological polar surface area (TPSA) is 98.7 Å². The van der Waals surface area contributed by atoms with Gasteiger partial charge in [0.15, 0.2) is 0 Å². The zero-order chi connectivity index (χ0) is 19.1. The Morgan fingerprint density at radius 3 is 2.54 bits per heavy atom. The van der Waals surface area contributed by atoms with Gasteiger partial charge in [0.05, 0.1) is 5.92 Å². The van der Waals surface area contributed by atoms with E-state index < -0.39 is 24.0 Å². The first-order chi connectivity index (χ1) is 12.4. The highest BCUT2D eigenvalue weighted by Gasteiger charge is 2.33. The number of aliphatic carboxylic acids is 1. The van der Waals surface area contributed by atoms with Crippen molar-refractivity contribution in [3.63, 3.8) is 0 Å². The molecule has 0 radical (unpaired) electrons. The first-order valence-electron chi connectivity index (χ1n) is 8.98. The molecule has 1 unspecified atom stereocenters. The van der Waals surface area contributed by atoms with Gasteiger partial charge in [-0.3, -0.25) is 9.59 Å². The summed E-state index contributed by atoms with van der Waals surface area (Å²) in [6.45, 7) is 4.82. The largest absolute Gasteiger partial charge is 0.481 e. The minimum atomic E-state index is -0.878. The molecule has 2 rings (SSSR count). The number of carboxylic acid groups (broad SMARTS) is 1. The fourth-order valence-corrected chi connectivity index (χ4v) is 3.06. The molecule has 0 aliphatic carbocycles. The van der Waals surface area contributed by atoms with Crippen LogP contribution in [-0.2, 0) is 16.1 Å². The summed E-state index contributed by atoms with van der Waals surface area (Å²) >= 11 is 0. The summed E-state index contributed by atoms with van der Waals surface area (Å²) in [6.07, 6.45) is 1.24. The van der Waals surface area contributed by atoms with Gasteiger partial charge in [0.1, 0.15) is 6.04 Å².